The number of fused-ring (bicyclic) bond motifs is 5. The first-order valence-electron chi connectivity index (χ1n) is 14.5. The normalized spacial score (nSPS) is 41.3. The Labute approximate surface area is 204 Å². The molecular weight excluding hydrogens is 406 g/mol. The lowest BCUT2D eigenvalue weighted by molar-refractivity contribution is -0.0642. The monoisotopic (exact) mass is 459 g/mol. The first kappa shape index (κ1) is 25.7. The van der Waals surface area contributed by atoms with E-state index >= 15 is 0 Å². The molecule has 3 saturated carbocycles. The van der Waals surface area contributed by atoms with Gasteiger partial charge in [-0.05, 0) is 104 Å². The Hall–Kier alpha value is -0.380. The number of rotatable bonds is 10. The molecular formula is C30H53NO2. The van der Waals surface area contributed by atoms with Gasteiger partial charge in [0.1, 0.15) is 0 Å². The van der Waals surface area contributed by atoms with Crippen molar-refractivity contribution in [1.82, 2.24) is 5.48 Å². The molecule has 4 rings (SSSR count). The molecule has 0 bridgehead atoms. The Kier molecular flexibility index (Phi) is 8.34. The van der Waals surface area contributed by atoms with Gasteiger partial charge in [-0.2, -0.15) is 0 Å². The van der Waals surface area contributed by atoms with Gasteiger partial charge in [-0.15, -0.1) is 0 Å². The molecule has 0 heterocycles. The quantitative estimate of drug-likeness (QED) is 0.199. The molecule has 0 saturated heterocycles. The van der Waals surface area contributed by atoms with Crippen LogP contribution in [0.4, 0.5) is 0 Å². The lowest BCUT2D eigenvalue weighted by atomic mass is 9.47. The SMILES string of the molecule is CC(C)CCC[C@@H](C)[C@H]1CCC2C3CC=C4C[C@@H](OCCCNO)CC[C@]4(C)C3CC[C@@]21C. The summed E-state index contributed by atoms with van der Waals surface area (Å²) in [6.07, 6.45) is 19.1. The standard InChI is InChI=1S/C30H53NO2/c1-21(2)8-6-9-22(3)26-12-13-27-25-11-10-23-20-24(33-19-7-18-31-32)14-16-29(23,4)28(25)15-17-30(26,27)5/h10,21-22,24-28,31-32H,6-9,11-20H2,1-5H3/t22-,24+,25?,26-,27?,28?,29+,30-/m1/s1. The second kappa shape index (κ2) is 10.7. The van der Waals surface area contributed by atoms with Crippen molar-refractivity contribution in [3.63, 3.8) is 0 Å². The molecule has 3 nitrogen and oxygen atoms in total. The molecule has 2 N–H and O–H groups in total. The summed E-state index contributed by atoms with van der Waals surface area (Å²) in [6, 6.07) is 0. The third-order valence-corrected chi connectivity index (χ3v) is 11.0. The molecule has 190 valence electrons. The van der Waals surface area contributed by atoms with E-state index in [2.05, 4.69) is 46.2 Å². The molecule has 4 aliphatic carbocycles. The molecule has 0 aromatic rings. The van der Waals surface area contributed by atoms with Crippen LogP contribution < -0.4 is 5.48 Å². The Balaban J connectivity index is 1.40. The summed E-state index contributed by atoms with van der Waals surface area (Å²) in [5, 5.41) is 8.77. The van der Waals surface area contributed by atoms with Crippen molar-refractivity contribution in [2.24, 2.45) is 46.3 Å². The maximum atomic E-state index is 8.77. The first-order chi connectivity index (χ1) is 15.8. The van der Waals surface area contributed by atoms with Crippen LogP contribution in [0.25, 0.3) is 0 Å². The second-order valence-corrected chi connectivity index (χ2v) is 13.3. The molecule has 8 atom stereocenters. The van der Waals surface area contributed by atoms with Crippen molar-refractivity contribution in [3.05, 3.63) is 11.6 Å². The van der Waals surface area contributed by atoms with E-state index in [-0.39, 0.29) is 0 Å². The van der Waals surface area contributed by atoms with Gasteiger partial charge in [-0.25, -0.2) is 5.48 Å². The maximum Gasteiger partial charge on any atom is 0.0612 e. The summed E-state index contributed by atoms with van der Waals surface area (Å²) in [5.74, 6) is 5.45. The molecule has 0 amide bonds. The smallest absolute Gasteiger partial charge is 0.0612 e. The summed E-state index contributed by atoms with van der Waals surface area (Å²) >= 11 is 0. The third kappa shape index (κ3) is 5.12. The third-order valence-electron chi connectivity index (χ3n) is 11.0. The topological polar surface area (TPSA) is 41.5 Å². The van der Waals surface area contributed by atoms with Crippen LogP contribution in [0.3, 0.4) is 0 Å². The predicted molar refractivity (Wildman–Crippen MR) is 137 cm³/mol. The number of nitrogens with one attached hydrogen (secondary N) is 1. The van der Waals surface area contributed by atoms with Crippen molar-refractivity contribution in [2.75, 3.05) is 13.2 Å². The molecule has 3 unspecified atom stereocenters. The first-order valence-corrected chi connectivity index (χ1v) is 14.5. The van der Waals surface area contributed by atoms with Gasteiger partial charge >= 0.3 is 0 Å². The van der Waals surface area contributed by atoms with Crippen molar-refractivity contribution in [1.29, 1.82) is 0 Å². The summed E-state index contributed by atoms with van der Waals surface area (Å²) in [7, 11) is 0. The van der Waals surface area contributed by atoms with E-state index in [1.807, 2.05) is 0 Å². The molecule has 0 aliphatic heterocycles. The fourth-order valence-corrected chi connectivity index (χ4v) is 9.20. The second-order valence-electron chi connectivity index (χ2n) is 13.3. The van der Waals surface area contributed by atoms with Gasteiger partial charge in [0.15, 0.2) is 0 Å². The Morgan fingerprint density at radius 2 is 1.85 bits per heavy atom. The molecule has 3 fully saturated rings. The van der Waals surface area contributed by atoms with Crippen LogP contribution in [0.1, 0.15) is 112 Å². The zero-order valence-electron chi connectivity index (χ0n) is 22.4. The van der Waals surface area contributed by atoms with E-state index in [1.54, 1.807) is 5.57 Å². The summed E-state index contributed by atoms with van der Waals surface area (Å²) in [4.78, 5) is 0. The summed E-state index contributed by atoms with van der Waals surface area (Å²) < 4.78 is 6.20. The summed E-state index contributed by atoms with van der Waals surface area (Å²) in [6.45, 7) is 14.0. The molecule has 0 aromatic heterocycles. The zero-order chi connectivity index (χ0) is 23.6. The van der Waals surface area contributed by atoms with Crippen molar-refractivity contribution < 1.29 is 9.94 Å². The minimum atomic E-state index is 0.385. The number of ether oxygens (including phenoxy) is 1. The van der Waals surface area contributed by atoms with Gasteiger partial charge < -0.3 is 9.94 Å². The Morgan fingerprint density at radius 1 is 1.03 bits per heavy atom. The van der Waals surface area contributed by atoms with Crippen LogP contribution in [0.15, 0.2) is 11.6 Å². The highest BCUT2D eigenvalue weighted by Gasteiger charge is 2.59. The highest BCUT2D eigenvalue weighted by atomic mass is 16.5. The van der Waals surface area contributed by atoms with Crippen LogP contribution in [0.5, 0.6) is 0 Å². The highest BCUT2D eigenvalue weighted by Crippen LogP contribution is 2.67. The highest BCUT2D eigenvalue weighted by molar-refractivity contribution is 5.25. The van der Waals surface area contributed by atoms with Gasteiger partial charge in [0.2, 0.25) is 0 Å². The van der Waals surface area contributed by atoms with Crippen molar-refractivity contribution >= 4 is 0 Å². The molecule has 33 heavy (non-hydrogen) atoms. The van der Waals surface area contributed by atoms with Gasteiger partial charge in [0, 0.05) is 13.2 Å². The number of hydrogen-bond donors (Lipinski definition) is 2. The van der Waals surface area contributed by atoms with Crippen LogP contribution in [-0.4, -0.2) is 24.5 Å². The number of hydrogen-bond acceptors (Lipinski definition) is 3. The molecule has 3 heteroatoms. The van der Waals surface area contributed by atoms with E-state index in [0.717, 1.165) is 55.0 Å². The predicted octanol–water partition coefficient (Wildman–Crippen LogP) is 7.78. The van der Waals surface area contributed by atoms with Crippen LogP contribution >= 0.6 is 0 Å². The van der Waals surface area contributed by atoms with Crippen LogP contribution in [-0.2, 0) is 4.74 Å². The molecule has 0 aromatic carbocycles. The lowest BCUT2D eigenvalue weighted by Crippen LogP contribution is -2.51. The zero-order valence-corrected chi connectivity index (χ0v) is 22.4. The van der Waals surface area contributed by atoms with E-state index < -0.39 is 0 Å². The molecule has 0 spiro atoms. The number of hydroxylamine groups is 1. The fraction of sp³-hybridized carbons (Fsp3) is 0.933. The fourth-order valence-electron chi connectivity index (χ4n) is 9.20. The molecule has 0 radical (unpaired) electrons. The van der Waals surface area contributed by atoms with Crippen LogP contribution in [0.2, 0.25) is 0 Å². The minimum absolute atomic E-state index is 0.385. The Bertz CT molecular complexity index is 674. The van der Waals surface area contributed by atoms with Crippen molar-refractivity contribution in [3.8, 4) is 0 Å². The van der Waals surface area contributed by atoms with Gasteiger partial charge in [-0.3, -0.25) is 0 Å². The van der Waals surface area contributed by atoms with Gasteiger partial charge in [0.25, 0.3) is 0 Å². The van der Waals surface area contributed by atoms with E-state index in [0.29, 0.717) is 23.5 Å². The maximum absolute atomic E-state index is 8.77. The van der Waals surface area contributed by atoms with Crippen molar-refractivity contribution in [2.45, 2.75) is 118 Å². The lowest BCUT2D eigenvalue weighted by Gasteiger charge is -2.58. The number of allylic oxidation sites excluding steroid dienone is 1. The van der Waals surface area contributed by atoms with E-state index in [1.165, 1.54) is 64.2 Å². The van der Waals surface area contributed by atoms with Gasteiger partial charge in [0.05, 0.1) is 6.10 Å². The Morgan fingerprint density at radius 3 is 2.61 bits per heavy atom. The van der Waals surface area contributed by atoms with E-state index in [4.69, 9.17) is 9.94 Å². The summed E-state index contributed by atoms with van der Waals surface area (Å²) in [5.41, 5.74) is 4.96. The average Bonchev–Trinajstić information content (AvgIpc) is 3.14. The van der Waals surface area contributed by atoms with E-state index in [9.17, 15) is 0 Å². The van der Waals surface area contributed by atoms with Gasteiger partial charge in [-0.1, -0.05) is 65.5 Å². The average molecular weight is 460 g/mol. The van der Waals surface area contributed by atoms with Crippen LogP contribution in [0, 0.1) is 46.3 Å². The largest absolute Gasteiger partial charge is 0.378 e. The molecule has 4 aliphatic rings. The minimum Gasteiger partial charge on any atom is -0.378 e.